The van der Waals surface area contributed by atoms with Gasteiger partial charge < -0.3 is 14.7 Å². The van der Waals surface area contributed by atoms with Crippen LogP contribution in [0.3, 0.4) is 0 Å². The van der Waals surface area contributed by atoms with Crippen LogP contribution in [0.4, 0.5) is 4.39 Å². The third-order valence-electron chi connectivity index (χ3n) is 5.27. The molecule has 1 saturated heterocycles. The van der Waals surface area contributed by atoms with Gasteiger partial charge in [0.05, 0.1) is 11.6 Å². The number of carbonyl (C=O) groups excluding carboxylic acids is 2. The summed E-state index contributed by atoms with van der Waals surface area (Å²) in [5.41, 5.74) is 1.27. The van der Waals surface area contributed by atoms with E-state index in [-0.39, 0.29) is 16.9 Å². The Bertz CT molecular complexity index is 1040. The van der Waals surface area contributed by atoms with Crippen molar-refractivity contribution < 1.29 is 23.8 Å². The van der Waals surface area contributed by atoms with Crippen molar-refractivity contribution in [3.05, 3.63) is 83.2 Å². The topological polar surface area (TPSA) is 66.8 Å². The fraction of sp³-hybridized carbons (Fsp3) is 0.280. The summed E-state index contributed by atoms with van der Waals surface area (Å²) in [5, 5.41) is 11.0. The van der Waals surface area contributed by atoms with E-state index in [0.29, 0.717) is 36.4 Å². The van der Waals surface area contributed by atoms with Gasteiger partial charge >= 0.3 is 0 Å². The number of Topliss-reactive ketones (excluding diaryl/α,β-unsaturated/α-hetero) is 1. The van der Waals surface area contributed by atoms with E-state index < -0.39 is 23.5 Å². The molecule has 162 valence electrons. The molecule has 0 saturated carbocycles. The highest BCUT2D eigenvalue weighted by Gasteiger charge is 2.45. The molecule has 6 heteroatoms. The average Bonchev–Trinajstić information content (AvgIpc) is 3.02. The molecule has 1 atom stereocenters. The van der Waals surface area contributed by atoms with E-state index in [1.54, 1.807) is 37.3 Å². The Labute approximate surface area is 181 Å². The monoisotopic (exact) mass is 423 g/mol. The second kappa shape index (κ2) is 9.60. The Morgan fingerprint density at radius 3 is 2.71 bits per heavy atom. The highest BCUT2D eigenvalue weighted by molar-refractivity contribution is 6.46. The Hall–Kier alpha value is -3.41. The van der Waals surface area contributed by atoms with Gasteiger partial charge in [0, 0.05) is 12.1 Å². The quantitative estimate of drug-likeness (QED) is 0.283. The number of amides is 1. The number of unbranched alkanes of at least 4 members (excludes halogenated alkanes) is 1. The van der Waals surface area contributed by atoms with Crippen LogP contribution in [0.5, 0.6) is 5.75 Å². The van der Waals surface area contributed by atoms with E-state index in [1.165, 1.54) is 23.1 Å². The molecule has 3 rings (SSSR count). The van der Waals surface area contributed by atoms with Crippen molar-refractivity contribution in [1.82, 2.24) is 4.90 Å². The fourth-order valence-corrected chi connectivity index (χ4v) is 3.66. The maximum absolute atomic E-state index is 13.7. The van der Waals surface area contributed by atoms with E-state index in [1.807, 2.05) is 6.92 Å². The van der Waals surface area contributed by atoms with Crippen molar-refractivity contribution in [1.29, 1.82) is 0 Å². The Kier molecular flexibility index (Phi) is 6.90. The molecule has 0 radical (unpaired) electrons. The average molecular weight is 423 g/mol. The summed E-state index contributed by atoms with van der Waals surface area (Å²) in [6.07, 6.45) is 3.18. The van der Waals surface area contributed by atoms with E-state index in [2.05, 4.69) is 6.58 Å². The molecule has 1 N–H and O–H groups in total. The summed E-state index contributed by atoms with van der Waals surface area (Å²) in [5.74, 6) is -1.57. The van der Waals surface area contributed by atoms with E-state index >= 15 is 0 Å². The zero-order valence-electron chi connectivity index (χ0n) is 17.7. The summed E-state index contributed by atoms with van der Waals surface area (Å²) in [7, 11) is 0. The molecular formula is C25H26FNO4. The SMILES string of the molecule is C=CCOc1cccc(C2/C(=C(/O)c3ccc(F)c(C)c3)C(=O)C(=O)N2CCCC)c1. The van der Waals surface area contributed by atoms with Crippen LogP contribution in [0, 0.1) is 12.7 Å². The first-order chi connectivity index (χ1) is 14.9. The minimum Gasteiger partial charge on any atom is -0.507 e. The van der Waals surface area contributed by atoms with Gasteiger partial charge in [-0.05, 0) is 54.8 Å². The molecule has 31 heavy (non-hydrogen) atoms. The van der Waals surface area contributed by atoms with Crippen molar-refractivity contribution in [3.63, 3.8) is 0 Å². The van der Waals surface area contributed by atoms with Crippen LogP contribution < -0.4 is 4.74 Å². The number of ketones is 1. The van der Waals surface area contributed by atoms with E-state index in [9.17, 15) is 19.1 Å². The van der Waals surface area contributed by atoms with Crippen LogP contribution in [0.25, 0.3) is 5.76 Å². The zero-order valence-corrected chi connectivity index (χ0v) is 17.7. The van der Waals surface area contributed by atoms with Crippen LogP contribution in [0.2, 0.25) is 0 Å². The lowest BCUT2D eigenvalue weighted by Crippen LogP contribution is -2.30. The fourth-order valence-electron chi connectivity index (χ4n) is 3.66. The highest BCUT2D eigenvalue weighted by atomic mass is 19.1. The van der Waals surface area contributed by atoms with Gasteiger partial charge in [0.1, 0.15) is 23.9 Å². The molecular weight excluding hydrogens is 397 g/mol. The molecule has 1 aliphatic heterocycles. The van der Waals surface area contributed by atoms with Gasteiger partial charge in [0.25, 0.3) is 11.7 Å². The lowest BCUT2D eigenvalue weighted by atomic mass is 9.94. The van der Waals surface area contributed by atoms with Gasteiger partial charge in [-0.25, -0.2) is 4.39 Å². The summed E-state index contributed by atoms with van der Waals surface area (Å²) < 4.78 is 19.3. The van der Waals surface area contributed by atoms with Gasteiger partial charge in [-0.3, -0.25) is 9.59 Å². The van der Waals surface area contributed by atoms with Crippen LogP contribution >= 0.6 is 0 Å². The number of rotatable bonds is 8. The molecule has 0 spiro atoms. The molecule has 0 aliphatic carbocycles. The standard InChI is InChI=1S/C25H26FNO4/c1-4-6-12-27-22(17-8-7-9-19(15-17)31-13-5-2)21(24(29)25(27)30)23(28)18-10-11-20(26)16(3)14-18/h5,7-11,14-15,22,28H,2,4,6,12-13H2,1,3H3/b23-21-. The maximum atomic E-state index is 13.7. The summed E-state index contributed by atoms with van der Waals surface area (Å²) in [6, 6.07) is 10.4. The third-order valence-corrected chi connectivity index (χ3v) is 5.27. The van der Waals surface area contributed by atoms with Crippen LogP contribution in [0.1, 0.15) is 42.5 Å². The molecule has 1 heterocycles. The number of ether oxygens (including phenoxy) is 1. The van der Waals surface area contributed by atoms with Gasteiger partial charge in [-0.2, -0.15) is 0 Å². The van der Waals surface area contributed by atoms with Crippen molar-refractivity contribution >= 4 is 17.4 Å². The largest absolute Gasteiger partial charge is 0.507 e. The molecule has 1 unspecified atom stereocenters. The number of hydrogen-bond donors (Lipinski definition) is 1. The molecule has 0 aromatic heterocycles. The second-order valence-electron chi connectivity index (χ2n) is 7.48. The predicted octanol–water partition coefficient (Wildman–Crippen LogP) is 4.92. The highest BCUT2D eigenvalue weighted by Crippen LogP contribution is 2.40. The molecule has 2 aromatic rings. The molecule has 5 nitrogen and oxygen atoms in total. The summed E-state index contributed by atoms with van der Waals surface area (Å²) in [6.45, 7) is 7.90. The van der Waals surface area contributed by atoms with Crippen LogP contribution in [0.15, 0.2) is 60.7 Å². The van der Waals surface area contributed by atoms with Gasteiger partial charge in [-0.1, -0.05) is 38.1 Å². The van der Waals surface area contributed by atoms with Crippen LogP contribution in [-0.2, 0) is 9.59 Å². The first-order valence-corrected chi connectivity index (χ1v) is 10.3. The van der Waals surface area contributed by atoms with Crippen molar-refractivity contribution in [3.8, 4) is 5.75 Å². The normalized spacial score (nSPS) is 17.8. The predicted molar refractivity (Wildman–Crippen MR) is 117 cm³/mol. The molecule has 0 bridgehead atoms. The smallest absolute Gasteiger partial charge is 0.295 e. The zero-order chi connectivity index (χ0) is 22.5. The van der Waals surface area contributed by atoms with Gasteiger partial charge in [0.15, 0.2) is 0 Å². The number of halogens is 1. The Morgan fingerprint density at radius 1 is 1.26 bits per heavy atom. The Balaban J connectivity index is 2.15. The molecule has 1 aliphatic rings. The van der Waals surface area contributed by atoms with Crippen molar-refractivity contribution in [2.24, 2.45) is 0 Å². The lowest BCUT2D eigenvalue weighted by Gasteiger charge is -2.25. The number of aliphatic hydroxyl groups excluding tert-OH is 1. The van der Waals surface area contributed by atoms with E-state index in [0.717, 1.165) is 6.42 Å². The summed E-state index contributed by atoms with van der Waals surface area (Å²) >= 11 is 0. The number of nitrogens with zero attached hydrogens (tertiary/aromatic N) is 1. The second-order valence-corrected chi connectivity index (χ2v) is 7.48. The van der Waals surface area contributed by atoms with Crippen molar-refractivity contribution in [2.75, 3.05) is 13.2 Å². The Morgan fingerprint density at radius 2 is 2.03 bits per heavy atom. The third kappa shape index (κ3) is 4.53. The first kappa shape index (κ1) is 22.3. The number of likely N-dealkylation sites (tertiary alicyclic amines) is 1. The molecule has 1 fully saturated rings. The number of benzene rings is 2. The number of carbonyl (C=O) groups is 2. The van der Waals surface area contributed by atoms with Gasteiger partial charge in [0.2, 0.25) is 0 Å². The number of hydrogen-bond acceptors (Lipinski definition) is 4. The maximum Gasteiger partial charge on any atom is 0.295 e. The molecule has 1 amide bonds. The van der Waals surface area contributed by atoms with Gasteiger partial charge in [-0.15, -0.1) is 0 Å². The van der Waals surface area contributed by atoms with Crippen molar-refractivity contribution in [2.45, 2.75) is 32.7 Å². The van der Waals surface area contributed by atoms with Crippen LogP contribution in [-0.4, -0.2) is 34.8 Å². The minimum atomic E-state index is -0.760. The number of aryl methyl sites for hydroxylation is 1. The summed E-state index contributed by atoms with van der Waals surface area (Å²) in [4.78, 5) is 27.3. The lowest BCUT2D eigenvalue weighted by molar-refractivity contribution is -0.139. The van der Waals surface area contributed by atoms with E-state index in [4.69, 9.17) is 4.74 Å². The first-order valence-electron chi connectivity index (χ1n) is 10.3. The molecule has 2 aromatic carbocycles. The number of aliphatic hydroxyl groups is 1. The minimum absolute atomic E-state index is 0.00650.